The third-order valence-corrected chi connectivity index (χ3v) is 9.71. The highest BCUT2D eigenvalue weighted by Gasteiger charge is 2.31. The maximum absolute atomic E-state index is 6.22. The Hall–Kier alpha value is -0.950. The maximum Gasteiger partial charge on any atom is 0.0482 e. The fourth-order valence-electron chi connectivity index (χ4n) is 2.58. The molecule has 0 N–H and O–H groups in total. The van der Waals surface area contributed by atoms with Crippen LogP contribution in [0.15, 0.2) is 70.9 Å². The molecule has 3 rings (SSSR count). The van der Waals surface area contributed by atoms with E-state index in [-0.39, 0.29) is 0 Å². The van der Waals surface area contributed by atoms with Crippen molar-refractivity contribution in [1.82, 2.24) is 0 Å². The molecule has 2 heterocycles. The minimum atomic E-state index is -1.75. The number of hydrogen-bond acceptors (Lipinski definition) is 2. The van der Waals surface area contributed by atoms with Gasteiger partial charge in [0.25, 0.3) is 0 Å². The van der Waals surface area contributed by atoms with Gasteiger partial charge in [-0.2, -0.15) is 0 Å². The summed E-state index contributed by atoms with van der Waals surface area (Å²) in [6.07, 6.45) is 2.38. The van der Waals surface area contributed by atoms with E-state index in [0.717, 1.165) is 0 Å². The molecule has 20 heavy (non-hydrogen) atoms. The lowest BCUT2D eigenvalue weighted by molar-refractivity contribution is 1.19. The molecule has 0 bridgehead atoms. The number of hydrogen-bond donors (Lipinski definition) is 0. The van der Waals surface area contributed by atoms with Crippen LogP contribution in [0.5, 0.6) is 0 Å². The highest BCUT2D eigenvalue weighted by atomic mass is 32.4. The quantitative estimate of drug-likeness (QED) is 0.663. The van der Waals surface area contributed by atoms with Crippen molar-refractivity contribution in [2.45, 2.75) is 19.5 Å². The first-order valence-corrected chi connectivity index (χ1v) is 10.5. The summed E-state index contributed by atoms with van der Waals surface area (Å²) in [4.78, 5) is 1.39. The maximum atomic E-state index is 6.22. The molecule has 3 heteroatoms. The minimum absolute atomic E-state index is 0.351. The number of benzene rings is 1. The molecule has 2 aromatic rings. The van der Waals surface area contributed by atoms with Crippen molar-refractivity contribution >= 4 is 34.5 Å². The summed E-state index contributed by atoms with van der Waals surface area (Å²) in [5.41, 5.74) is 3.05. The van der Waals surface area contributed by atoms with E-state index in [2.05, 4.69) is 73.6 Å². The van der Waals surface area contributed by atoms with Gasteiger partial charge in [0.15, 0.2) is 0 Å². The van der Waals surface area contributed by atoms with Crippen molar-refractivity contribution in [3.63, 3.8) is 0 Å². The molecule has 0 saturated carbocycles. The van der Waals surface area contributed by atoms with Crippen molar-refractivity contribution in [3.8, 4) is 0 Å². The second-order valence-corrected chi connectivity index (χ2v) is 10.7. The molecule has 1 aromatic heterocycles. The second-order valence-electron chi connectivity index (χ2n) is 5.17. The lowest BCUT2D eigenvalue weighted by Crippen LogP contribution is -2.11. The van der Waals surface area contributed by atoms with Crippen LogP contribution in [-0.4, -0.2) is 0 Å². The average molecular weight is 316 g/mol. The van der Waals surface area contributed by atoms with Crippen LogP contribution in [0.1, 0.15) is 24.4 Å². The molecule has 0 amide bonds. The number of thiophene rings is 1. The van der Waals surface area contributed by atoms with Crippen LogP contribution >= 0.6 is 17.4 Å². The first kappa shape index (κ1) is 14.0. The third-order valence-electron chi connectivity index (χ3n) is 3.82. The SMILES string of the molecule is CC1=CC(c2cccs2)P(=S)(c2ccccc2)C=C1C. The standard InChI is InChI=1S/C17H17PS2/c1-13-11-16(17-9-6-10-20-17)18(19,12-14(13)2)15-7-4-3-5-8-15/h3-12,16H,1-2H3. The molecular weight excluding hydrogens is 299 g/mol. The number of allylic oxidation sites excluding steroid dienone is 3. The van der Waals surface area contributed by atoms with Gasteiger partial charge >= 0.3 is 0 Å². The molecule has 1 aromatic carbocycles. The van der Waals surface area contributed by atoms with Gasteiger partial charge in [0, 0.05) is 16.6 Å². The van der Waals surface area contributed by atoms with Crippen LogP contribution in [0.2, 0.25) is 0 Å². The van der Waals surface area contributed by atoms with Gasteiger partial charge in [-0.1, -0.05) is 59.9 Å². The van der Waals surface area contributed by atoms with E-state index >= 15 is 0 Å². The van der Waals surface area contributed by atoms with Gasteiger partial charge in [0.1, 0.15) is 0 Å². The molecule has 2 atom stereocenters. The molecule has 0 radical (unpaired) electrons. The Labute approximate surface area is 129 Å². The first-order chi connectivity index (χ1) is 9.61. The van der Waals surface area contributed by atoms with Crippen LogP contribution in [0.25, 0.3) is 0 Å². The fraction of sp³-hybridized carbons (Fsp3) is 0.176. The van der Waals surface area contributed by atoms with Crippen molar-refractivity contribution < 1.29 is 0 Å². The van der Waals surface area contributed by atoms with E-state index in [1.54, 1.807) is 0 Å². The van der Waals surface area contributed by atoms with Crippen LogP contribution < -0.4 is 5.30 Å². The Balaban J connectivity index is 2.18. The van der Waals surface area contributed by atoms with Gasteiger partial charge in [-0.15, -0.1) is 11.3 Å². The van der Waals surface area contributed by atoms with E-state index in [1.165, 1.54) is 21.3 Å². The second kappa shape index (κ2) is 5.44. The minimum Gasteiger partial charge on any atom is -0.148 e. The van der Waals surface area contributed by atoms with Gasteiger partial charge in [0.05, 0.1) is 0 Å². The monoisotopic (exact) mass is 316 g/mol. The Morgan fingerprint density at radius 1 is 1.00 bits per heavy atom. The van der Waals surface area contributed by atoms with Crippen LogP contribution in [0.3, 0.4) is 0 Å². The highest BCUT2D eigenvalue weighted by molar-refractivity contribution is 8.20. The molecule has 2 unspecified atom stereocenters. The van der Waals surface area contributed by atoms with Gasteiger partial charge in [-0.3, -0.25) is 0 Å². The lowest BCUT2D eigenvalue weighted by atomic mass is 10.1. The van der Waals surface area contributed by atoms with E-state index in [0.29, 0.717) is 5.66 Å². The van der Waals surface area contributed by atoms with E-state index in [4.69, 9.17) is 11.8 Å². The molecular formula is C17H17PS2. The summed E-state index contributed by atoms with van der Waals surface area (Å²) in [7, 11) is 0. The van der Waals surface area contributed by atoms with Crippen LogP contribution in [0.4, 0.5) is 0 Å². The van der Waals surface area contributed by atoms with Crippen molar-refractivity contribution in [2.75, 3.05) is 0 Å². The van der Waals surface area contributed by atoms with E-state index in [9.17, 15) is 0 Å². The molecule has 0 spiro atoms. The average Bonchev–Trinajstić information content (AvgIpc) is 2.98. The molecule has 0 saturated heterocycles. The van der Waals surface area contributed by atoms with Crippen LogP contribution in [0, 0.1) is 0 Å². The molecule has 0 nitrogen and oxygen atoms in total. The molecule has 0 aliphatic carbocycles. The zero-order valence-corrected chi connectivity index (χ0v) is 14.1. The number of rotatable bonds is 2. The Bertz CT molecular complexity index is 709. The zero-order chi connectivity index (χ0) is 14.2. The van der Waals surface area contributed by atoms with E-state index in [1.807, 2.05) is 11.3 Å². The van der Waals surface area contributed by atoms with Gasteiger partial charge in [-0.25, -0.2) is 0 Å². The molecule has 1 aliphatic rings. The Morgan fingerprint density at radius 2 is 1.75 bits per heavy atom. The Morgan fingerprint density at radius 3 is 2.40 bits per heavy atom. The predicted octanol–water partition coefficient (Wildman–Crippen LogP) is 5.46. The summed E-state index contributed by atoms with van der Waals surface area (Å²) in [5.74, 6) is 2.37. The fourth-order valence-corrected chi connectivity index (χ4v) is 8.46. The molecule has 1 aliphatic heterocycles. The summed E-state index contributed by atoms with van der Waals surface area (Å²) >= 11 is 8.03. The summed E-state index contributed by atoms with van der Waals surface area (Å²) in [5, 5.41) is 3.46. The van der Waals surface area contributed by atoms with Gasteiger partial charge < -0.3 is 0 Å². The van der Waals surface area contributed by atoms with Crippen molar-refractivity contribution in [1.29, 1.82) is 0 Å². The summed E-state index contributed by atoms with van der Waals surface area (Å²) in [6.45, 7) is 4.37. The zero-order valence-electron chi connectivity index (χ0n) is 11.6. The topological polar surface area (TPSA) is 0 Å². The van der Waals surface area contributed by atoms with E-state index < -0.39 is 6.04 Å². The van der Waals surface area contributed by atoms with Gasteiger partial charge in [-0.05, 0) is 42.0 Å². The highest BCUT2D eigenvalue weighted by Crippen LogP contribution is 2.64. The predicted molar refractivity (Wildman–Crippen MR) is 94.9 cm³/mol. The summed E-state index contributed by atoms with van der Waals surface area (Å²) < 4.78 is 0. The first-order valence-electron chi connectivity index (χ1n) is 6.68. The Kier molecular flexibility index (Phi) is 3.81. The van der Waals surface area contributed by atoms with Crippen molar-refractivity contribution in [3.05, 3.63) is 75.8 Å². The van der Waals surface area contributed by atoms with Crippen molar-refractivity contribution in [2.24, 2.45) is 0 Å². The smallest absolute Gasteiger partial charge is 0.0482 e. The lowest BCUT2D eigenvalue weighted by Gasteiger charge is -2.31. The largest absolute Gasteiger partial charge is 0.148 e. The normalized spacial score (nSPS) is 26.0. The summed E-state index contributed by atoms with van der Waals surface area (Å²) in [6, 6.07) is 13.2. The van der Waals surface area contributed by atoms with Crippen LogP contribution in [-0.2, 0) is 11.8 Å². The van der Waals surface area contributed by atoms with Gasteiger partial charge in [0.2, 0.25) is 0 Å². The molecule has 102 valence electrons. The molecule has 0 fully saturated rings. The third kappa shape index (κ3) is 2.37.